The molecule has 1 aliphatic rings. The van der Waals surface area contributed by atoms with Crippen molar-refractivity contribution in [3.63, 3.8) is 0 Å². The SMILES string of the molecule is Cc1cc(C)c(C)c(S(=O)(=O)N2CCC(C(=O)OC(C)C)CC2)c1C. The van der Waals surface area contributed by atoms with Gasteiger partial charge in [-0.3, -0.25) is 4.79 Å². The van der Waals surface area contributed by atoms with Gasteiger partial charge in [0.2, 0.25) is 10.0 Å². The summed E-state index contributed by atoms with van der Waals surface area (Å²) in [7, 11) is -3.56. The highest BCUT2D eigenvalue weighted by Crippen LogP contribution is 2.31. The first-order chi connectivity index (χ1) is 11.6. The number of aryl methyl sites for hydroxylation is 2. The topological polar surface area (TPSA) is 63.7 Å². The summed E-state index contributed by atoms with van der Waals surface area (Å²) in [5.74, 6) is -0.430. The third-order valence-corrected chi connectivity index (χ3v) is 7.21. The molecule has 25 heavy (non-hydrogen) atoms. The summed E-state index contributed by atoms with van der Waals surface area (Å²) < 4.78 is 33.2. The monoisotopic (exact) mass is 367 g/mol. The normalized spacial score (nSPS) is 17.1. The average molecular weight is 368 g/mol. The first-order valence-electron chi connectivity index (χ1n) is 8.83. The van der Waals surface area contributed by atoms with E-state index in [1.165, 1.54) is 4.31 Å². The predicted octanol–water partition coefficient (Wildman–Crippen LogP) is 3.27. The van der Waals surface area contributed by atoms with E-state index >= 15 is 0 Å². The second-order valence-corrected chi connectivity index (χ2v) is 9.13. The van der Waals surface area contributed by atoms with E-state index in [2.05, 4.69) is 0 Å². The minimum Gasteiger partial charge on any atom is -0.463 e. The number of ether oxygens (including phenoxy) is 1. The fraction of sp³-hybridized carbons (Fsp3) is 0.632. The Kier molecular flexibility index (Phi) is 5.94. The van der Waals surface area contributed by atoms with E-state index in [1.54, 1.807) is 0 Å². The van der Waals surface area contributed by atoms with Gasteiger partial charge in [-0.1, -0.05) is 6.07 Å². The van der Waals surface area contributed by atoms with Gasteiger partial charge in [-0.25, -0.2) is 8.42 Å². The second kappa shape index (κ2) is 7.46. The zero-order valence-electron chi connectivity index (χ0n) is 16.0. The standard InChI is InChI=1S/C19H29NO4S/c1-12(2)24-19(21)17-7-9-20(10-8-17)25(22,23)18-15(5)13(3)11-14(4)16(18)6/h11-12,17H,7-10H2,1-6H3. The van der Waals surface area contributed by atoms with E-state index in [0.717, 1.165) is 22.3 Å². The molecule has 0 radical (unpaired) electrons. The Balaban J connectivity index is 2.23. The highest BCUT2D eigenvalue weighted by molar-refractivity contribution is 7.89. The number of carbonyl (C=O) groups is 1. The van der Waals surface area contributed by atoms with Crippen molar-refractivity contribution in [2.75, 3.05) is 13.1 Å². The van der Waals surface area contributed by atoms with Crippen LogP contribution < -0.4 is 0 Å². The minimum atomic E-state index is -3.56. The molecule has 0 atom stereocenters. The van der Waals surface area contributed by atoms with Gasteiger partial charge < -0.3 is 4.74 Å². The molecular weight excluding hydrogens is 338 g/mol. The molecule has 1 aromatic carbocycles. The van der Waals surface area contributed by atoms with Gasteiger partial charge >= 0.3 is 5.97 Å². The maximum absolute atomic E-state index is 13.2. The van der Waals surface area contributed by atoms with Crippen molar-refractivity contribution in [1.82, 2.24) is 4.31 Å². The molecule has 2 rings (SSSR count). The molecule has 0 bridgehead atoms. The van der Waals surface area contributed by atoms with Gasteiger partial charge in [0.25, 0.3) is 0 Å². The van der Waals surface area contributed by atoms with Crippen LogP contribution in [0, 0.1) is 33.6 Å². The van der Waals surface area contributed by atoms with Crippen LogP contribution in [-0.2, 0) is 19.6 Å². The van der Waals surface area contributed by atoms with E-state index in [-0.39, 0.29) is 18.0 Å². The molecule has 0 N–H and O–H groups in total. The molecule has 1 saturated heterocycles. The first-order valence-corrected chi connectivity index (χ1v) is 10.3. The van der Waals surface area contributed by atoms with Gasteiger partial charge in [0.05, 0.1) is 16.9 Å². The average Bonchev–Trinajstić information content (AvgIpc) is 2.52. The lowest BCUT2D eigenvalue weighted by molar-refractivity contribution is -0.153. The van der Waals surface area contributed by atoms with Crippen molar-refractivity contribution in [3.8, 4) is 0 Å². The van der Waals surface area contributed by atoms with Gasteiger partial charge in [0.15, 0.2) is 0 Å². The Morgan fingerprint density at radius 2 is 1.56 bits per heavy atom. The Morgan fingerprint density at radius 1 is 1.08 bits per heavy atom. The lowest BCUT2D eigenvalue weighted by atomic mass is 9.98. The molecule has 1 aliphatic heterocycles. The molecule has 1 fully saturated rings. The second-order valence-electron chi connectivity index (χ2n) is 7.25. The van der Waals surface area contributed by atoms with Crippen LogP contribution in [0.2, 0.25) is 0 Å². The lowest BCUT2D eigenvalue weighted by Gasteiger charge is -2.31. The van der Waals surface area contributed by atoms with Crippen LogP contribution in [0.3, 0.4) is 0 Å². The fourth-order valence-corrected chi connectivity index (χ4v) is 5.40. The van der Waals surface area contributed by atoms with Crippen molar-refractivity contribution in [1.29, 1.82) is 0 Å². The van der Waals surface area contributed by atoms with Gasteiger partial charge in [0.1, 0.15) is 0 Å². The van der Waals surface area contributed by atoms with Crippen LogP contribution in [0.4, 0.5) is 0 Å². The number of hydrogen-bond acceptors (Lipinski definition) is 4. The molecule has 6 heteroatoms. The molecular formula is C19H29NO4S. The third kappa shape index (κ3) is 4.06. The summed E-state index contributed by atoms with van der Waals surface area (Å²) in [5.41, 5.74) is 3.59. The summed E-state index contributed by atoms with van der Waals surface area (Å²) in [5, 5.41) is 0. The zero-order valence-corrected chi connectivity index (χ0v) is 16.9. The number of hydrogen-bond donors (Lipinski definition) is 0. The Labute approximate surface area is 151 Å². The molecule has 0 amide bonds. The number of benzene rings is 1. The number of esters is 1. The van der Waals surface area contributed by atoms with E-state index in [4.69, 9.17) is 4.74 Å². The molecule has 1 aromatic rings. The smallest absolute Gasteiger partial charge is 0.309 e. The molecule has 140 valence electrons. The number of rotatable bonds is 4. The molecule has 0 saturated carbocycles. The van der Waals surface area contributed by atoms with Gasteiger partial charge in [-0.2, -0.15) is 4.31 Å². The van der Waals surface area contributed by atoms with Crippen LogP contribution in [0.5, 0.6) is 0 Å². The van der Waals surface area contributed by atoms with Crippen LogP contribution >= 0.6 is 0 Å². The van der Waals surface area contributed by atoms with E-state index < -0.39 is 10.0 Å². The van der Waals surface area contributed by atoms with E-state index in [1.807, 2.05) is 47.6 Å². The summed E-state index contributed by atoms with van der Waals surface area (Å²) in [4.78, 5) is 12.5. The number of piperidine rings is 1. The third-order valence-electron chi connectivity index (χ3n) is 5.03. The van der Waals surface area contributed by atoms with Crippen LogP contribution in [0.1, 0.15) is 48.9 Å². The number of carbonyl (C=O) groups excluding carboxylic acids is 1. The summed E-state index contributed by atoms with van der Waals surface area (Å²) >= 11 is 0. The van der Waals surface area contributed by atoms with Gasteiger partial charge in [-0.05, 0) is 76.6 Å². The Morgan fingerprint density at radius 3 is 2.00 bits per heavy atom. The van der Waals surface area contributed by atoms with Crippen molar-refractivity contribution in [3.05, 3.63) is 28.3 Å². The van der Waals surface area contributed by atoms with Gasteiger partial charge in [0, 0.05) is 13.1 Å². The summed E-state index contributed by atoms with van der Waals surface area (Å²) in [6, 6.07) is 2.03. The van der Waals surface area contributed by atoms with Gasteiger partial charge in [-0.15, -0.1) is 0 Å². The number of sulfonamides is 1. The summed E-state index contributed by atoms with van der Waals surface area (Å²) in [6.07, 6.45) is 0.872. The highest BCUT2D eigenvalue weighted by atomic mass is 32.2. The molecule has 0 aromatic heterocycles. The Bertz CT molecular complexity index is 734. The highest BCUT2D eigenvalue weighted by Gasteiger charge is 2.34. The van der Waals surface area contributed by atoms with Crippen molar-refractivity contribution in [2.24, 2.45) is 5.92 Å². The van der Waals surface area contributed by atoms with Crippen LogP contribution in [-0.4, -0.2) is 37.9 Å². The predicted molar refractivity (Wildman–Crippen MR) is 98.1 cm³/mol. The maximum Gasteiger partial charge on any atom is 0.309 e. The molecule has 0 spiro atoms. The fourth-order valence-electron chi connectivity index (χ4n) is 3.36. The van der Waals surface area contributed by atoms with Crippen LogP contribution in [0.25, 0.3) is 0 Å². The summed E-state index contributed by atoms with van der Waals surface area (Å²) in [6.45, 7) is 12.0. The minimum absolute atomic E-state index is 0.144. The first kappa shape index (κ1) is 19.9. The quantitative estimate of drug-likeness (QED) is 0.766. The molecule has 5 nitrogen and oxygen atoms in total. The maximum atomic E-state index is 13.2. The number of nitrogens with zero attached hydrogens (tertiary/aromatic N) is 1. The largest absolute Gasteiger partial charge is 0.463 e. The molecule has 0 unspecified atom stereocenters. The molecule has 1 heterocycles. The zero-order chi connectivity index (χ0) is 18.9. The Hall–Kier alpha value is -1.40. The van der Waals surface area contributed by atoms with Crippen LogP contribution in [0.15, 0.2) is 11.0 Å². The van der Waals surface area contributed by atoms with Crippen molar-refractivity contribution in [2.45, 2.75) is 65.4 Å². The van der Waals surface area contributed by atoms with E-state index in [9.17, 15) is 13.2 Å². The lowest BCUT2D eigenvalue weighted by Crippen LogP contribution is -2.41. The molecule has 0 aliphatic carbocycles. The van der Waals surface area contributed by atoms with Crippen molar-refractivity contribution < 1.29 is 17.9 Å². The van der Waals surface area contributed by atoms with Crippen molar-refractivity contribution >= 4 is 16.0 Å². The van der Waals surface area contributed by atoms with E-state index in [0.29, 0.717) is 30.8 Å².